The maximum Gasteiger partial charge on any atom is 0.411 e. The van der Waals surface area contributed by atoms with Gasteiger partial charge in [-0.3, -0.25) is 5.32 Å². The van der Waals surface area contributed by atoms with Gasteiger partial charge in [0.25, 0.3) is 0 Å². The lowest BCUT2D eigenvalue weighted by molar-refractivity contribution is 0.109. The molecule has 6 heteroatoms. The number of likely N-dealkylation sites (tertiary alicyclic amines) is 1. The monoisotopic (exact) mass is 390 g/mol. The van der Waals surface area contributed by atoms with Gasteiger partial charge in [-0.1, -0.05) is 64.0 Å². The fourth-order valence-electron chi connectivity index (χ4n) is 3.51. The smallest absolute Gasteiger partial charge is 0.411 e. The lowest BCUT2D eigenvalue weighted by atomic mass is 10.0. The Kier molecular flexibility index (Phi) is 9.66. The van der Waals surface area contributed by atoms with Crippen LogP contribution in [0.5, 0.6) is 0 Å². The van der Waals surface area contributed by atoms with Crippen LogP contribution in [0.3, 0.4) is 0 Å². The first-order chi connectivity index (χ1) is 13.6. The average Bonchev–Trinajstić information content (AvgIpc) is 3.14. The highest BCUT2D eigenvalue weighted by molar-refractivity contribution is 5.84. The second-order valence-electron chi connectivity index (χ2n) is 7.59. The Labute approximate surface area is 168 Å². The third-order valence-corrected chi connectivity index (χ3v) is 5.21. The summed E-state index contributed by atoms with van der Waals surface area (Å²) < 4.78 is 5.30. The number of benzene rings is 1. The molecule has 1 aliphatic heterocycles. The van der Waals surface area contributed by atoms with Gasteiger partial charge in [-0.2, -0.15) is 0 Å². The number of nitrogens with zero attached hydrogens (tertiary/aromatic N) is 1. The number of carboxylic acid groups (broad SMARTS) is 1. The van der Waals surface area contributed by atoms with E-state index >= 15 is 0 Å². The molecule has 1 aliphatic rings. The summed E-state index contributed by atoms with van der Waals surface area (Å²) in [6.45, 7) is 2.88. The molecule has 1 fully saturated rings. The lowest BCUT2D eigenvalue weighted by Gasteiger charge is -2.14. The summed E-state index contributed by atoms with van der Waals surface area (Å²) in [5, 5.41) is 11.6. The highest BCUT2D eigenvalue weighted by atomic mass is 16.6. The minimum atomic E-state index is -0.974. The Hall–Kier alpha value is -2.24. The standard InChI is InChI=1S/C22H34N2O4/c1-2-3-4-5-6-7-8-9-10-18-11-13-19(14-12-18)23-21(25)28-20-15-16-24(17-20)22(26)27/h11-14,20H,2-10,15-17H2,1H3,(H,23,25)(H,26,27)/t20-/m0/s1. The van der Waals surface area contributed by atoms with Gasteiger partial charge in [-0.25, -0.2) is 9.59 Å². The van der Waals surface area contributed by atoms with Crippen molar-refractivity contribution in [2.24, 2.45) is 0 Å². The number of nitrogens with one attached hydrogen (secondary N) is 1. The van der Waals surface area contributed by atoms with Gasteiger partial charge in [0, 0.05) is 18.7 Å². The summed E-state index contributed by atoms with van der Waals surface area (Å²) in [4.78, 5) is 24.1. The number of unbranched alkanes of at least 4 members (excludes halogenated alkanes) is 7. The molecule has 0 aromatic heterocycles. The molecule has 0 spiro atoms. The van der Waals surface area contributed by atoms with Crippen molar-refractivity contribution in [3.63, 3.8) is 0 Å². The minimum Gasteiger partial charge on any atom is -0.465 e. The summed E-state index contributed by atoms with van der Waals surface area (Å²) in [5.74, 6) is 0. The van der Waals surface area contributed by atoms with Gasteiger partial charge in [-0.15, -0.1) is 0 Å². The van der Waals surface area contributed by atoms with Crippen molar-refractivity contribution in [1.29, 1.82) is 0 Å². The van der Waals surface area contributed by atoms with Crippen molar-refractivity contribution in [2.45, 2.75) is 77.2 Å². The molecule has 0 radical (unpaired) electrons. The van der Waals surface area contributed by atoms with Crippen LogP contribution in [0.4, 0.5) is 15.3 Å². The number of anilines is 1. The van der Waals surface area contributed by atoms with Crippen molar-refractivity contribution in [2.75, 3.05) is 18.4 Å². The first kappa shape index (κ1) is 22.1. The van der Waals surface area contributed by atoms with Crippen LogP contribution in [0.15, 0.2) is 24.3 Å². The quantitative estimate of drug-likeness (QED) is 0.477. The van der Waals surface area contributed by atoms with Crippen LogP contribution in [0.25, 0.3) is 0 Å². The number of carbonyl (C=O) groups is 2. The number of aryl methyl sites for hydroxylation is 1. The molecule has 2 amide bonds. The van der Waals surface area contributed by atoms with E-state index in [1.54, 1.807) is 0 Å². The van der Waals surface area contributed by atoms with Crippen LogP contribution in [-0.2, 0) is 11.2 Å². The minimum absolute atomic E-state index is 0.236. The Balaban J connectivity index is 1.60. The van der Waals surface area contributed by atoms with Crippen molar-refractivity contribution in [3.05, 3.63) is 29.8 Å². The summed E-state index contributed by atoms with van der Waals surface area (Å²) >= 11 is 0. The van der Waals surface area contributed by atoms with Crippen LogP contribution >= 0.6 is 0 Å². The summed E-state index contributed by atoms with van der Waals surface area (Å²) in [7, 11) is 0. The molecule has 1 aromatic rings. The Morgan fingerprint density at radius 3 is 2.32 bits per heavy atom. The van der Waals surface area contributed by atoms with Crippen LogP contribution in [0.1, 0.15) is 70.3 Å². The molecule has 1 aromatic carbocycles. The molecule has 0 aliphatic carbocycles. The number of rotatable bonds is 11. The Morgan fingerprint density at radius 2 is 1.71 bits per heavy atom. The molecule has 6 nitrogen and oxygen atoms in total. The Bertz CT molecular complexity index is 603. The van der Waals surface area contributed by atoms with Crippen molar-refractivity contribution in [1.82, 2.24) is 4.90 Å². The molecule has 1 saturated heterocycles. The molecule has 1 heterocycles. The molecular weight excluding hydrogens is 356 g/mol. The van der Waals surface area contributed by atoms with Gasteiger partial charge in [-0.05, 0) is 30.5 Å². The topological polar surface area (TPSA) is 78.9 Å². The SMILES string of the molecule is CCCCCCCCCCc1ccc(NC(=O)O[C@H]2CCN(C(=O)O)C2)cc1. The molecule has 156 valence electrons. The van der Waals surface area contributed by atoms with Gasteiger partial charge in [0.15, 0.2) is 0 Å². The lowest BCUT2D eigenvalue weighted by Crippen LogP contribution is -2.30. The highest BCUT2D eigenvalue weighted by Crippen LogP contribution is 2.16. The van der Waals surface area contributed by atoms with Crippen LogP contribution in [-0.4, -0.2) is 41.4 Å². The zero-order chi connectivity index (χ0) is 20.2. The van der Waals surface area contributed by atoms with Crippen LogP contribution in [0.2, 0.25) is 0 Å². The number of hydrogen-bond acceptors (Lipinski definition) is 3. The second-order valence-corrected chi connectivity index (χ2v) is 7.59. The van der Waals surface area contributed by atoms with Gasteiger partial charge >= 0.3 is 12.2 Å². The Morgan fingerprint density at radius 1 is 1.07 bits per heavy atom. The van der Waals surface area contributed by atoms with Crippen molar-refractivity contribution < 1.29 is 19.4 Å². The summed E-state index contributed by atoms with van der Waals surface area (Å²) in [5.41, 5.74) is 1.97. The van der Waals surface area contributed by atoms with Gasteiger partial charge in [0.05, 0.1) is 6.54 Å². The normalized spacial score (nSPS) is 16.2. The molecule has 2 N–H and O–H groups in total. The van der Waals surface area contributed by atoms with E-state index in [9.17, 15) is 9.59 Å². The molecule has 28 heavy (non-hydrogen) atoms. The maximum atomic E-state index is 12.0. The predicted molar refractivity (Wildman–Crippen MR) is 111 cm³/mol. The fraction of sp³-hybridized carbons (Fsp3) is 0.636. The number of carbonyl (C=O) groups excluding carboxylic acids is 1. The molecule has 0 bridgehead atoms. The molecule has 0 unspecified atom stereocenters. The first-order valence-electron chi connectivity index (χ1n) is 10.6. The number of hydrogen-bond donors (Lipinski definition) is 2. The summed E-state index contributed by atoms with van der Waals surface area (Å²) in [6.07, 6.45) is 10.2. The third-order valence-electron chi connectivity index (χ3n) is 5.21. The molecule has 0 saturated carbocycles. The highest BCUT2D eigenvalue weighted by Gasteiger charge is 2.28. The first-order valence-corrected chi connectivity index (χ1v) is 10.6. The van der Waals surface area contributed by atoms with E-state index < -0.39 is 12.2 Å². The van der Waals surface area contributed by atoms with E-state index in [1.807, 2.05) is 24.3 Å². The van der Waals surface area contributed by atoms with E-state index in [-0.39, 0.29) is 12.6 Å². The molecule has 2 rings (SSSR count). The van der Waals surface area contributed by atoms with Crippen LogP contribution in [0, 0.1) is 0 Å². The average molecular weight is 391 g/mol. The molecular formula is C22H34N2O4. The molecule has 1 atom stereocenters. The van der Waals surface area contributed by atoms with E-state index in [0.717, 1.165) is 6.42 Å². The van der Waals surface area contributed by atoms with E-state index in [2.05, 4.69) is 12.2 Å². The van der Waals surface area contributed by atoms with Crippen molar-refractivity contribution in [3.8, 4) is 0 Å². The maximum absolute atomic E-state index is 12.0. The van der Waals surface area contributed by atoms with E-state index in [4.69, 9.17) is 9.84 Å². The summed E-state index contributed by atoms with van der Waals surface area (Å²) in [6, 6.07) is 7.86. The van der Waals surface area contributed by atoms with Crippen molar-refractivity contribution >= 4 is 17.9 Å². The second kappa shape index (κ2) is 12.3. The van der Waals surface area contributed by atoms with Gasteiger partial charge in [0.2, 0.25) is 0 Å². The van der Waals surface area contributed by atoms with Gasteiger partial charge in [0.1, 0.15) is 6.10 Å². The predicted octanol–water partition coefficient (Wildman–Crippen LogP) is 5.67. The van der Waals surface area contributed by atoms with Crippen LogP contribution < -0.4 is 5.32 Å². The van der Waals surface area contributed by atoms with E-state index in [0.29, 0.717) is 18.7 Å². The fourth-order valence-corrected chi connectivity index (χ4v) is 3.51. The zero-order valence-corrected chi connectivity index (χ0v) is 17.0. The van der Waals surface area contributed by atoms with Gasteiger partial charge < -0.3 is 14.7 Å². The van der Waals surface area contributed by atoms with E-state index in [1.165, 1.54) is 61.8 Å². The number of amides is 2. The largest absolute Gasteiger partial charge is 0.465 e. The third kappa shape index (κ3) is 8.19. The zero-order valence-electron chi connectivity index (χ0n) is 17.0. The number of ether oxygens (including phenoxy) is 1.